The van der Waals surface area contributed by atoms with Crippen molar-refractivity contribution in [2.75, 3.05) is 24.7 Å². The van der Waals surface area contributed by atoms with Gasteiger partial charge in [0.05, 0.1) is 10.6 Å². The third-order valence-electron chi connectivity index (χ3n) is 2.72. The van der Waals surface area contributed by atoms with E-state index >= 15 is 0 Å². The quantitative estimate of drug-likeness (QED) is 0.787. The molecule has 8 heteroatoms. The lowest BCUT2D eigenvalue weighted by Gasteiger charge is -2.14. The van der Waals surface area contributed by atoms with Gasteiger partial charge in [0.1, 0.15) is 4.90 Å². The molecule has 1 rings (SSSR count). The minimum absolute atomic E-state index is 0.0194. The molecule has 0 bridgehead atoms. The Balaban J connectivity index is 3.35. The normalized spacial score (nSPS) is 12.6. The average molecular weight is 334 g/mol. The fourth-order valence-corrected chi connectivity index (χ4v) is 3.79. The van der Waals surface area contributed by atoms with Crippen molar-refractivity contribution >= 4 is 25.5 Å². The molecule has 0 aliphatic rings. The van der Waals surface area contributed by atoms with Crippen molar-refractivity contribution in [2.45, 2.75) is 30.6 Å². The number of rotatable bonds is 7. The van der Waals surface area contributed by atoms with E-state index in [0.717, 1.165) is 6.26 Å². The molecule has 2 N–H and O–H groups in total. The van der Waals surface area contributed by atoms with Crippen molar-refractivity contribution in [3.05, 3.63) is 18.2 Å². The summed E-state index contributed by atoms with van der Waals surface area (Å²) in [6, 6.07) is 4.06. The van der Waals surface area contributed by atoms with E-state index in [9.17, 15) is 16.8 Å². The lowest BCUT2D eigenvalue weighted by Crippen LogP contribution is -2.28. The molecule has 1 aromatic carbocycles. The molecule has 0 saturated carbocycles. The summed E-state index contributed by atoms with van der Waals surface area (Å²) in [6.07, 6.45) is 1.05. The summed E-state index contributed by atoms with van der Waals surface area (Å²) in [6.45, 7) is 6.44. The number of hydrogen-bond acceptors (Lipinski definition) is 5. The second kappa shape index (κ2) is 6.76. The maximum absolute atomic E-state index is 12.4. The number of hydrogen-bond donors (Lipinski definition) is 2. The average Bonchev–Trinajstić information content (AvgIpc) is 2.36. The van der Waals surface area contributed by atoms with E-state index in [4.69, 9.17) is 0 Å². The van der Waals surface area contributed by atoms with Gasteiger partial charge in [-0.2, -0.15) is 0 Å². The zero-order valence-corrected chi connectivity index (χ0v) is 14.3. The SMILES string of the molecule is CCNc1ccc(S(C)(=O)=O)cc1S(=O)(=O)NCC(C)C. The van der Waals surface area contributed by atoms with Crippen molar-refractivity contribution in [1.29, 1.82) is 0 Å². The van der Waals surface area contributed by atoms with Crippen molar-refractivity contribution < 1.29 is 16.8 Å². The fraction of sp³-hybridized carbons (Fsp3) is 0.538. The largest absolute Gasteiger partial charge is 0.384 e. The Morgan fingerprint density at radius 2 is 1.76 bits per heavy atom. The smallest absolute Gasteiger partial charge is 0.242 e. The Hall–Kier alpha value is -1.12. The van der Waals surface area contributed by atoms with Gasteiger partial charge < -0.3 is 5.32 Å². The summed E-state index contributed by atoms with van der Waals surface area (Å²) in [5, 5.41) is 2.93. The molecule has 0 heterocycles. The maximum Gasteiger partial charge on any atom is 0.242 e. The molecule has 0 aliphatic carbocycles. The first-order valence-corrected chi connectivity index (χ1v) is 10.0. The van der Waals surface area contributed by atoms with Crippen LogP contribution in [0.15, 0.2) is 28.0 Å². The number of anilines is 1. The highest BCUT2D eigenvalue weighted by molar-refractivity contribution is 7.91. The van der Waals surface area contributed by atoms with E-state index in [1.165, 1.54) is 18.2 Å². The van der Waals surface area contributed by atoms with Gasteiger partial charge in [0, 0.05) is 19.3 Å². The molecular formula is C13H22N2O4S2. The van der Waals surface area contributed by atoms with Gasteiger partial charge in [-0.25, -0.2) is 21.6 Å². The number of benzene rings is 1. The predicted octanol–water partition coefficient (Wildman–Crippen LogP) is 1.46. The van der Waals surface area contributed by atoms with Gasteiger partial charge in [-0.1, -0.05) is 13.8 Å². The molecule has 1 aromatic rings. The van der Waals surface area contributed by atoms with Crippen LogP contribution in [0.2, 0.25) is 0 Å². The second-order valence-corrected chi connectivity index (χ2v) is 8.96. The van der Waals surface area contributed by atoms with Crippen LogP contribution in [0.25, 0.3) is 0 Å². The van der Waals surface area contributed by atoms with E-state index in [2.05, 4.69) is 10.0 Å². The Kier molecular flexibility index (Phi) is 5.77. The van der Waals surface area contributed by atoms with E-state index in [1.54, 1.807) is 0 Å². The topological polar surface area (TPSA) is 92.3 Å². The van der Waals surface area contributed by atoms with E-state index < -0.39 is 19.9 Å². The van der Waals surface area contributed by atoms with Crippen LogP contribution in [-0.4, -0.2) is 36.2 Å². The summed E-state index contributed by atoms with van der Waals surface area (Å²) in [5.41, 5.74) is 0.390. The zero-order chi connectivity index (χ0) is 16.3. The van der Waals surface area contributed by atoms with Crippen molar-refractivity contribution in [3.63, 3.8) is 0 Å². The first-order chi connectivity index (χ1) is 9.58. The molecule has 0 amide bonds. The monoisotopic (exact) mass is 334 g/mol. The van der Waals surface area contributed by atoms with Crippen LogP contribution < -0.4 is 10.0 Å². The Morgan fingerprint density at radius 1 is 1.14 bits per heavy atom. The summed E-state index contributed by atoms with van der Waals surface area (Å²) in [4.78, 5) is -0.0676. The first kappa shape index (κ1) is 17.9. The Labute approximate surface area is 126 Å². The fourth-order valence-electron chi connectivity index (χ4n) is 1.65. The molecule has 0 saturated heterocycles. The third-order valence-corrected chi connectivity index (χ3v) is 5.29. The van der Waals surface area contributed by atoms with Crippen LogP contribution in [0.1, 0.15) is 20.8 Å². The van der Waals surface area contributed by atoms with Crippen molar-refractivity contribution in [3.8, 4) is 0 Å². The van der Waals surface area contributed by atoms with E-state index in [-0.39, 0.29) is 22.3 Å². The van der Waals surface area contributed by atoms with Crippen LogP contribution in [0.4, 0.5) is 5.69 Å². The molecular weight excluding hydrogens is 312 g/mol. The van der Waals surface area contributed by atoms with Gasteiger partial charge in [-0.15, -0.1) is 0 Å². The summed E-state index contributed by atoms with van der Waals surface area (Å²) >= 11 is 0. The van der Waals surface area contributed by atoms with Gasteiger partial charge in [0.2, 0.25) is 10.0 Å². The van der Waals surface area contributed by atoms with Gasteiger partial charge in [-0.05, 0) is 31.0 Å². The highest BCUT2D eigenvalue weighted by Gasteiger charge is 2.21. The molecule has 0 aromatic heterocycles. The lowest BCUT2D eigenvalue weighted by atomic mass is 10.2. The first-order valence-electron chi connectivity index (χ1n) is 6.65. The molecule has 0 spiro atoms. The zero-order valence-electron chi connectivity index (χ0n) is 12.7. The molecule has 0 atom stereocenters. The Morgan fingerprint density at radius 3 is 2.24 bits per heavy atom. The molecule has 0 aliphatic heterocycles. The minimum atomic E-state index is -3.77. The summed E-state index contributed by atoms with van der Waals surface area (Å²) < 4.78 is 50.4. The third kappa shape index (κ3) is 4.98. The second-order valence-electron chi connectivity index (χ2n) is 5.21. The van der Waals surface area contributed by atoms with Crippen LogP contribution in [-0.2, 0) is 19.9 Å². The molecule has 0 unspecified atom stereocenters. The lowest BCUT2D eigenvalue weighted by molar-refractivity contribution is 0.560. The highest BCUT2D eigenvalue weighted by Crippen LogP contribution is 2.25. The summed E-state index contributed by atoms with van der Waals surface area (Å²) in [5.74, 6) is 0.153. The Bertz CT molecular complexity index is 695. The molecule has 6 nitrogen and oxygen atoms in total. The van der Waals surface area contributed by atoms with Crippen LogP contribution in [0.3, 0.4) is 0 Å². The molecule has 120 valence electrons. The van der Waals surface area contributed by atoms with Crippen LogP contribution >= 0.6 is 0 Å². The minimum Gasteiger partial charge on any atom is -0.384 e. The predicted molar refractivity (Wildman–Crippen MR) is 83.7 cm³/mol. The van der Waals surface area contributed by atoms with E-state index in [0.29, 0.717) is 12.2 Å². The number of sulfone groups is 1. The van der Waals surface area contributed by atoms with Gasteiger partial charge in [0.25, 0.3) is 0 Å². The van der Waals surface area contributed by atoms with Gasteiger partial charge >= 0.3 is 0 Å². The van der Waals surface area contributed by atoms with E-state index in [1.807, 2.05) is 20.8 Å². The molecule has 0 fully saturated rings. The maximum atomic E-state index is 12.4. The van der Waals surface area contributed by atoms with Gasteiger partial charge in [-0.3, -0.25) is 0 Å². The standard InChI is InChI=1S/C13H22N2O4S2/c1-5-14-12-7-6-11(20(4,16)17)8-13(12)21(18,19)15-9-10(2)3/h6-8,10,14-15H,5,9H2,1-4H3. The van der Waals surface area contributed by atoms with Crippen LogP contribution in [0, 0.1) is 5.92 Å². The summed E-state index contributed by atoms with van der Waals surface area (Å²) in [7, 11) is -7.24. The molecule has 21 heavy (non-hydrogen) atoms. The number of sulfonamides is 1. The molecule has 0 radical (unpaired) electrons. The van der Waals surface area contributed by atoms with Gasteiger partial charge in [0.15, 0.2) is 9.84 Å². The van der Waals surface area contributed by atoms with Crippen LogP contribution in [0.5, 0.6) is 0 Å². The van der Waals surface area contributed by atoms with Crippen molar-refractivity contribution in [2.24, 2.45) is 5.92 Å². The van der Waals surface area contributed by atoms with Crippen molar-refractivity contribution in [1.82, 2.24) is 4.72 Å². The highest BCUT2D eigenvalue weighted by atomic mass is 32.2. The number of nitrogens with one attached hydrogen (secondary N) is 2.